The Morgan fingerprint density at radius 3 is 2.43 bits per heavy atom. The van der Waals surface area contributed by atoms with Crippen molar-refractivity contribution in [2.24, 2.45) is 12.5 Å². The van der Waals surface area contributed by atoms with Crippen molar-refractivity contribution in [2.75, 3.05) is 36.5 Å². The van der Waals surface area contributed by atoms with Crippen LogP contribution in [-0.2, 0) is 27.7 Å². The van der Waals surface area contributed by atoms with Crippen molar-refractivity contribution in [2.45, 2.75) is 85.0 Å². The Morgan fingerprint density at radius 2 is 1.75 bits per heavy atom. The van der Waals surface area contributed by atoms with Crippen molar-refractivity contribution in [3.8, 4) is 22.3 Å². The number of fused-ring (bicyclic) bond motifs is 4. The number of nitrogens with zero attached hydrogens (tertiary/aromatic N) is 5. The van der Waals surface area contributed by atoms with Crippen molar-refractivity contribution < 1.29 is 37.4 Å². The summed E-state index contributed by atoms with van der Waals surface area (Å²) >= 11 is 0. The highest BCUT2D eigenvalue weighted by Crippen LogP contribution is 2.57. The van der Waals surface area contributed by atoms with Crippen LogP contribution in [0, 0.1) is 17.0 Å². The van der Waals surface area contributed by atoms with E-state index in [1.807, 2.05) is 0 Å². The number of amides is 2. The zero-order valence-electron chi connectivity index (χ0n) is 33.1. The van der Waals surface area contributed by atoms with Crippen LogP contribution in [0.3, 0.4) is 0 Å². The van der Waals surface area contributed by atoms with Crippen LogP contribution in [0.15, 0.2) is 35.5 Å². The fraction of sp³-hybridized carbons (Fsp3) is 0.463. The van der Waals surface area contributed by atoms with Gasteiger partial charge in [-0.25, -0.2) is 28.1 Å². The first-order valence-electron chi connectivity index (χ1n) is 18.6. The van der Waals surface area contributed by atoms with E-state index in [4.69, 9.17) is 19.2 Å². The Hall–Kier alpha value is -5.60. The molecule has 13 nitrogen and oxygen atoms in total. The quantitative estimate of drug-likeness (QED) is 0.143. The van der Waals surface area contributed by atoms with E-state index in [-0.39, 0.29) is 46.7 Å². The monoisotopic (exact) mass is 772 g/mol. The summed E-state index contributed by atoms with van der Waals surface area (Å²) in [5.41, 5.74) is 0.600. The van der Waals surface area contributed by atoms with Crippen molar-refractivity contribution in [3.63, 3.8) is 0 Å². The van der Waals surface area contributed by atoms with E-state index in [0.717, 1.165) is 6.07 Å². The fourth-order valence-electron chi connectivity index (χ4n) is 7.87. The van der Waals surface area contributed by atoms with Gasteiger partial charge in [0.15, 0.2) is 11.6 Å². The topological polar surface area (TPSA) is 145 Å². The standard InChI is InChI=1S/C41H46F2N6O7/c1-10-54-36(51)25-19-47(8)35-23(34(25)50)13-21(17-45-35)24-18-44-27-14-22-28(48(9)38(53)56-40(5,6)7)15-26(42)32(43)30(22)31(27)33(24)49-12-11-41(20-49)16-29(41)46-37(52)55-39(2,3)4/h13,15,17-19,29H,10-12,14,16,20H2,1-9H3,(H,46,52)/t29-,41-/m1/s1. The van der Waals surface area contributed by atoms with Crippen LogP contribution in [0.2, 0.25) is 0 Å². The predicted molar refractivity (Wildman–Crippen MR) is 206 cm³/mol. The zero-order valence-corrected chi connectivity index (χ0v) is 33.1. The van der Waals surface area contributed by atoms with Gasteiger partial charge in [0.2, 0.25) is 5.43 Å². The number of esters is 1. The maximum atomic E-state index is 16.4. The minimum Gasteiger partial charge on any atom is -0.462 e. The number of aromatic nitrogens is 3. The summed E-state index contributed by atoms with van der Waals surface area (Å²) in [4.78, 5) is 65.1. The molecule has 296 valence electrons. The molecule has 1 saturated carbocycles. The van der Waals surface area contributed by atoms with E-state index in [2.05, 4.69) is 15.2 Å². The minimum absolute atomic E-state index is 0.0239. The lowest BCUT2D eigenvalue weighted by Gasteiger charge is -2.27. The highest BCUT2D eigenvalue weighted by atomic mass is 19.2. The smallest absolute Gasteiger partial charge is 0.414 e. The lowest BCUT2D eigenvalue weighted by Crippen LogP contribution is -2.36. The molecular formula is C41H46F2N6O7. The van der Waals surface area contributed by atoms with Gasteiger partial charge in [0, 0.05) is 92.0 Å². The molecule has 2 atom stereocenters. The van der Waals surface area contributed by atoms with Gasteiger partial charge < -0.3 is 29.0 Å². The number of rotatable bonds is 6. The Bertz CT molecular complexity index is 2380. The van der Waals surface area contributed by atoms with Crippen LogP contribution in [-0.4, -0.2) is 76.7 Å². The van der Waals surface area contributed by atoms with Gasteiger partial charge in [-0.3, -0.25) is 14.7 Å². The van der Waals surface area contributed by atoms with Gasteiger partial charge in [0.1, 0.15) is 22.4 Å². The van der Waals surface area contributed by atoms with E-state index in [1.54, 1.807) is 78.5 Å². The number of aryl methyl sites for hydroxylation is 1. The van der Waals surface area contributed by atoms with E-state index in [0.29, 0.717) is 65.2 Å². The summed E-state index contributed by atoms with van der Waals surface area (Å²) < 4.78 is 49.9. The Morgan fingerprint density at radius 1 is 1.04 bits per heavy atom. The van der Waals surface area contributed by atoms with Gasteiger partial charge in [-0.05, 0) is 72.9 Å². The molecule has 1 aromatic carbocycles. The molecule has 2 fully saturated rings. The van der Waals surface area contributed by atoms with Gasteiger partial charge in [0.25, 0.3) is 0 Å². The summed E-state index contributed by atoms with van der Waals surface area (Å²) in [7, 11) is 3.12. The average molecular weight is 773 g/mol. The molecule has 1 aliphatic heterocycles. The van der Waals surface area contributed by atoms with Gasteiger partial charge in [-0.2, -0.15) is 0 Å². The number of carbonyl (C=O) groups excluding carboxylic acids is 3. The van der Waals surface area contributed by atoms with Crippen LogP contribution in [0.5, 0.6) is 0 Å². The maximum Gasteiger partial charge on any atom is 0.414 e. The number of hydrogen-bond donors (Lipinski definition) is 1. The first-order valence-corrected chi connectivity index (χ1v) is 18.6. The van der Waals surface area contributed by atoms with Gasteiger partial charge in [0.05, 0.1) is 29.1 Å². The Kier molecular flexibility index (Phi) is 9.36. The van der Waals surface area contributed by atoms with Crippen LogP contribution in [0.4, 0.5) is 29.7 Å². The second kappa shape index (κ2) is 13.6. The molecule has 1 spiro atoms. The summed E-state index contributed by atoms with van der Waals surface area (Å²) in [5.74, 6) is -3.00. The third-order valence-electron chi connectivity index (χ3n) is 10.5. The largest absolute Gasteiger partial charge is 0.462 e. The summed E-state index contributed by atoms with van der Waals surface area (Å²) in [5, 5.41) is 3.16. The highest BCUT2D eigenvalue weighted by Gasteiger charge is 2.59. The fourth-order valence-corrected chi connectivity index (χ4v) is 7.87. The van der Waals surface area contributed by atoms with E-state index in [1.165, 1.54) is 18.1 Å². The van der Waals surface area contributed by atoms with Crippen molar-refractivity contribution >= 4 is 40.6 Å². The molecule has 56 heavy (non-hydrogen) atoms. The third-order valence-corrected chi connectivity index (χ3v) is 10.5. The van der Waals surface area contributed by atoms with Crippen molar-refractivity contribution in [1.82, 2.24) is 19.9 Å². The molecule has 0 bridgehead atoms. The third kappa shape index (κ3) is 6.92. The van der Waals surface area contributed by atoms with Crippen LogP contribution >= 0.6 is 0 Å². The number of hydrogen-bond acceptors (Lipinski definition) is 10. The number of halogens is 2. The van der Waals surface area contributed by atoms with E-state index in [9.17, 15) is 19.2 Å². The molecule has 3 aromatic heterocycles. The number of benzene rings is 1. The SMILES string of the molecule is CCOC(=O)c1cn(C)c2ncc(-c3cnc4c(c3N3CC[C@@]5(C[C@H]5NC(=O)OC(C)(C)C)C3)-c3c(F)c(F)cc(N(C)C(=O)OC(C)(C)C)c3C4)cc2c1=O. The van der Waals surface area contributed by atoms with Crippen LogP contribution in [0.1, 0.15) is 82.9 Å². The lowest BCUT2D eigenvalue weighted by atomic mass is 9.96. The van der Waals surface area contributed by atoms with Gasteiger partial charge >= 0.3 is 18.2 Å². The lowest BCUT2D eigenvalue weighted by molar-refractivity contribution is 0.0509. The Labute approximate surface area is 322 Å². The number of nitrogens with one attached hydrogen (secondary N) is 1. The first-order chi connectivity index (χ1) is 26.2. The van der Waals surface area contributed by atoms with Crippen LogP contribution < -0.4 is 20.5 Å². The summed E-state index contributed by atoms with van der Waals surface area (Å²) in [6.45, 7) is 13.2. The highest BCUT2D eigenvalue weighted by molar-refractivity contribution is 6.00. The van der Waals surface area contributed by atoms with Gasteiger partial charge in [-0.15, -0.1) is 0 Å². The van der Waals surface area contributed by atoms with Crippen LogP contribution in [0.25, 0.3) is 33.3 Å². The molecule has 7 rings (SSSR count). The molecule has 1 N–H and O–H groups in total. The second-order valence-corrected chi connectivity index (χ2v) is 16.8. The number of anilines is 2. The number of pyridine rings is 3. The van der Waals surface area contributed by atoms with E-state index >= 15 is 8.78 Å². The Balaban J connectivity index is 1.39. The minimum atomic E-state index is -1.15. The molecule has 1 saturated heterocycles. The molecular weight excluding hydrogens is 726 g/mol. The molecule has 2 amide bonds. The normalized spacial score (nSPS) is 18.5. The molecule has 4 heterocycles. The number of ether oxygens (including phenoxy) is 3. The molecule has 15 heteroatoms. The van der Waals surface area contributed by atoms with E-state index < -0.39 is 46.4 Å². The maximum absolute atomic E-state index is 16.4. The molecule has 0 unspecified atom stereocenters. The number of alkyl carbamates (subject to hydrolysis) is 1. The predicted octanol–water partition coefficient (Wildman–Crippen LogP) is 6.89. The second-order valence-electron chi connectivity index (χ2n) is 16.8. The van der Waals surface area contributed by atoms with Crippen molar-refractivity contribution in [3.05, 3.63) is 69.4 Å². The average Bonchev–Trinajstić information content (AvgIpc) is 3.39. The first kappa shape index (κ1) is 38.7. The molecule has 2 aliphatic carbocycles. The number of carbonyl (C=O) groups is 3. The summed E-state index contributed by atoms with van der Waals surface area (Å²) in [6, 6.07) is 2.45. The molecule has 3 aliphatic rings. The molecule has 4 aromatic rings. The van der Waals surface area contributed by atoms with Crippen molar-refractivity contribution in [1.29, 1.82) is 0 Å². The molecule has 0 radical (unpaired) electrons. The van der Waals surface area contributed by atoms with Gasteiger partial charge in [-0.1, -0.05) is 0 Å². The zero-order chi connectivity index (χ0) is 40.6. The summed E-state index contributed by atoms with van der Waals surface area (Å²) in [6.07, 6.45) is 4.82.